The molecule has 0 atom stereocenters. The van der Waals surface area contributed by atoms with Crippen molar-refractivity contribution in [3.63, 3.8) is 0 Å². The molecule has 0 unspecified atom stereocenters. The van der Waals surface area contributed by atoms with Gasteiger partial charge >= 0.3 is 6.18 Å². The molecule has 2 aromatic rings. The first-order valence-corrected chi connectivity index (χ1v) is 8.22. The van der Waals surface area contributed by atoms with Gasteiger partial charge in [-0.1, -0.05) is 23.9 Å². The summed E-state index contributed by atoms with van der Waals surface area (Å²) in [6.45, 7) is 0. The lowest BCUT2D eigenvalue weighted by molar-refractivity contribution is -0.137. The van der Waals surface area contributed by atoms with Crippen molar-refractivity contribution in [2.75, 3.05) is 5.32 Å². The number of halogens is 5. The van der Waals surface area contributed by atoms with Gasteiger partial charge in [0.1, 0.15) is 11.6 Å². The van der Waals surface area contributed by atoms with Crippen LogP contribution in [0.2, 0.25) is 0 Å². The number of benzene rings is 2. The van der Waals surface area contributed by atoms with Crippen LogP contribution < -0.4 is 5.32 Å². The van der Waals surface area contributed by atoms with Gasteiger partial charge in [-0.3, -0.25) is 4.79 Å². The highest BCUT2D eigenvalue weighted by molar-refractivity contribution is 7.99. The number of anilines is 1. The molecule has 2 aromatic carbocycles. The number of hydrogen-bond donors (Lipinski definition) is 1. The van der Waals surface area contributed by atoms with Crippen molar-refractivity contribution in [1.29, 1.82) is 5.26 Å². The second-order valence-corrected chi connectivity index (χ2v) is 6.21. The van der Waals surface area contributed by atoms with Gasteiger partial charge in [0.25, 0.3) is 11.7 Å². The van der Waals surface area contributed by atoms with Crippen LogP contribution in [0.5, 0.6) is 0 Å². The van der Waals surface area contributed by atoms with Crippen molar-refractivity contribution in [1.82, 2.24) is 0 Å². The maximum atomic E-state index is 12.5. The summed E-state index contributed by atoms with van der Waals surface area (Å²) in [5.41, 5.74) is -0.629. The first-order chi connectivity index (χ1) is 12.7. The van der Waals surface area contributed by atoms with Gasteiger partial charge < -0.3 is 5.32 Å². The van der Waals surface area contributed by atoms with E-state index in [0.29, 0.717) is 16.7 Å². The molecule has 0 bridgehead atoms. The normalized spacial score (nSPS) is 12.0. The molecule has 0 aliphatic heterocycles. The Morgan fingerprint density at radius 1 is 1.07 bits per heavy atom. The lowest BCUT2D eigenvalue weighted by Crippen LogP contribution is -2.13. The predicted molar refractivity (Wildman–Crippen MR) is 92.0 cm³/mol. The SMILES string of the molecule is N#C/C(=C\c1ccc(C(F)(F)F)cc1)C(=O)Nc1ccc(SC(F)F)cc1. The van der Waals surface area contributed by atoms with E-state index in [1.807, 2.05) is 0 Å². The zero-order chi connectivity index (χ0) is 20.0. The van der Waals surface area contributed by atoms with E-state index in [1.54, 1.807) is 6.07 Å². The maximum Gasteiger partial charge on any atom is 0.416 e. The Hall–Kier alpha value is -2.86. The minimum Gasteiger partial charge on any atom is -0.321 e. The van der Waals surface area contributed by atoms with E-state index in [0.717, 1.165) is 30.3 Å². The Kier molecular flexibility index (Phi) is 6.58. The number of amides is 1. The second-order valence-electron chi connectivity index (χ2n) is 5.15. The van der Waals surface area contributed by atoms with Crippen LogP contribution in [-0.4, -0.2) is 11.7 Å². The molecule has 3 nitrogen and oxygen atoms in total. The van der Waals surface area contributed by atoms with E-state index in [2.05, 4.69) is 5.32 Å². The average Bonchev–Trinajstić information content (AvgIpc) is 2.60. The van der Waals surface area contributed by atoms with Gasteiger partial charge in [-0.2, -0.15) is 27.2 Å². The molecular weight excluding hydrogens is 387 g/mol. The number of alkyl halides is 5. The molecular formula is C18H11F5N2OS. The summed E-state index contributed by atoms with van der Waals surface area (Å²) in [7, 11) is 0. The van der Waals surface area contributed by atoms with E-state index in [1.165, 1.54) is 24.3 Å². The molecule has 0 aliphatic rings. The van der Waals surface area contributed by atoms with Crippen molar-refractivity contribution in [3.8, 4) is 6.07 Å². The van der Waals surface area contributed by atoms with Crippen LogP contribution in [0.4, 0.5) is 27.6 Å². The van der Waals surface area contributed by atoms with Gasteiger partial charge in [-0.15, -0.1) is 0 Å². The quantitative estimate of drug-likeness (QED) is 0.310. The van der Waals surface area contributed by atoms with E-state index in [9.17, 15) is 26.7 Å². The molecule has 0 saturated carbocycles. The fourth-order valence-electron chi connectivity index (χ4n) is 2.00. The number of nitrogens with one attached hydrogen (secondary N) is 1. The Balaban J connectivity index is 2.11. The molecule has 140 valence electrons. The van der Waals surface area contributed by atoms with Gasteiger partial charge in [0.15, 0.2) is 0 Å². The average molecular weight is 398 g/mol. The largest absolute Gasteiger partial charge is 0.416 e. The van der Waals surface area contributed by atoms with Crippen LogP contribution in [-0.2, 0) is 11.0 Å². The van der Waals surface area contributed by atoms with Crippen LogP contribution >= 0.6 is 11.8 Å². The molecule has 0 aromatic heterocycles. The van der Waals surface area contributed by atoms with Crippen molar-refractivity contribution >= 4 is 29.4 Å². The molecule has 0 radical (unpaired) electrons. The molecule has 0 fully saturated rings. The second kappa shape index (κ2) is 8.68. The van der Waals surface area contributed by atoms with Crippen molar-refractivity contribution in [3.05, 3.63) is 65.2 Å². The number of nitriles is 1. The summed E-state index contributed by atoms with van der Waals surface area (Å²) in [4.78, 5) is 12.4. The summed E-state index contributed by atoms with van der Waals surface area (Å²) >= 11 is 0.352. The van der Waals surface area contributed by atoms with Crippen LogP contribution in [0.15, 0.2) is 59.0 Å². The van der Waals surface area contributed by atoms with Crippen LogP contribution in [0, 0.1) is 11.3 Å². The summed E-state index contributed by atoms with van der Waals surface area (Å²) in [6.07, 6.45) is -3.33. The molecule has 1 amide bonds. The van der Waals surface area contributed by atoms with Gasteiger partial charge in [-0.05, 0) is 48.0 Å². The Labute approximate surface area is 155 Å². The van der Waals surface area contributed by atoms with E-state index >= 15 is 0 Å². The van der Waals surface area contributed by atoms with Crippen LogP contribution in [0.25, 0.3) is 6.08 Å². The number of nitrogens with zero attached hydrogens (tertiary/aromatic N) is 1. The zero-order valence-electron chi connectivity index (χ0n) is 13.4. The fraction of sp³-hybridized carbons (Fsp3) is 0.111. The standard InChI is InChI=1S/C18H11F5N2OS/c19-17(20)27-15-7-5-14(6-8-15)25-16(26)12(10-24)9-11-1-3-13(4-2-11)18(21,22)23/h1-9,17H,(H,25,26)/b12-9+. The minimum atomic E-state index is -4.48. The Morgan fingerprint density at radius 3 is 2.15 bits per heavy atom. The van der Waals surface area contributed by atoms with Crippen molar-refractivity contribution in [2.45, 2.75) is 16.8 Å². The zero-order valence-corrected chi connectivity index (χ0v) is 14.2. The lowest BCUT2D eigenvalue weighted by Gasteiger charge is -2.07. The minimum absolute atomic E-state index is 0.249. The molecule has 0 saturated heterocycles. The molecule has 1 N–H and O–H groups in total. The Bertz CT molecular complexity index is 869. The van der Waals surface area contributed by atoms with Crippen molar-refractivity contribution < 1.29 is 26.7 Å². The third-order valence-electron chi connectivity index (χ3n) is 3.25. The van der Waals surface area contributed by atoms with E-state index in [4.69, 9.17) is 5.26 Å². The van der Waals surface area contributed by atoms with Gasteiger partial charge in [0.2, 0.25) is 0 Å². The molecule has 0 aliphatic carbocycles. The molecule has 27 heavy (non-hydrogen) atoms. The predicted octanol–water partition coefficient (Wildman–Crippen LogP) is 5.57. The molecule has 9 heteroatoms. The fourth-order valence-corrected chi connectivity index (χ4v) is 2.50. The number of carbonyl (C=O) groups excluding carboxylic acids is 1. The summed E-state index contributed by atoms with van der Waals surface area (Å²) < 4.78 is 62.2. The third kappa shape index (κ3) is 6.11. The molecule has 2 rings (SSSR count). The third-order valence-corrected chi connectivity index (χ3v) is 3.97. The highest BCUT2D eigenvalue weighted by atomic mass is 32.2. The highest BCUT2D eigenvalue weighted by Gasteiger charge is 2.29. The highest BCUT2D eigenvalue weighted by Crippen LogP contribution is 2.29. The summed E-state index contributed by atoms with van der Waals surface area (Å²) in [5, 5.41) is 11.5. The first kappa shape index (κ1) is 20.5. The number of thioether (sulfide) groups is 1. The van der Waals surface area contributed by atoms with Crippen LogP contribution in [0.3, 0.4) is 0 Å². The Morgan fingerprint density at radius 2 is 1.67 bits per heavy atom. The first-order valence-electron chi connectivity index (χ1n) is 7.34. The van der Waals surface area contributed by atoms with E-state index < -0.39 is 23.4 Å². The topological polar surface area (TPSA) is 52.9 Å². The molecule has 0 spiro atoms. The number of rotatable bonds is 5. The van der Waals surface area contributed by atoms with Crippen LogP contribution in [0.1, 0.15) is 11.1 Å². The smallest absolute Gasteiger partial charge is 0.321 e. The monoisotopic (exact) mass is 398 g/mol. The summed E-state index contributed by atoms with van der Waals surface area (Å²) in [6, 6.07) is 11.2. The maximum absolute atomic E-state index is 12.5. The van der Waals surface area contributed by atoms with Gasteiger partial charge in [0.05, 0.1) is 5.56 Å². The van der Waals surface area contributed by atoms with E-state index in [-0.39, 0.29) is 16.8 Å². The lowest BCUT2D eigenvalue weighted by atomic mass is 10.1. The van der Waals surface area contributed by atoms with Crippen molar-refractivity contribution in [2.24, 2.45) is 0 Å². The number of hydrogen-bond acceptors (Lipinski definition) is 3. The molecule has 0 heterocycles. The summed E-state index contributed by atoms with van der Waals surface area (Å²) in [5.74, 6) is -3.34. The van der Waals surface area contributed by atoms with Gasteiger partial charge in [-0.25, -0.2) is 0 Å². The van der Waals surface area contributed by atoms with Gasteiger partial charge in [0, 0.05) is 10.6 Å². The number of carbonyl (C=O) groups is 1.